The number of pyridine rings is 1. The van der Waals surface area contributed by atoms with E-state index < -0.39 is 0 Å². The van der Waals surface area contributed by atoms with Crippen LogP contribution in [0.25, 0.3) is 22.2 Å². The molecule has 0 saturated carbocycles. The van der Waals surface area contributed by atoms with Crippen LogP contribution in [0.2, 0.25) is 10.0 Å². The molecule has 4 aromatic rings. The highest BCUT2D eigenvalue weighted by Gasteiger charge is 2.17. The summed E-state index contributed by atoms with van der Waals surface area (Å²) in [5.74, 6) is 0.547. The number of nitrogens with one attached hydrogen (secondary N) is 1. The second kappa shape index (κ2) is 8.84. The van der Waals surface area contributed by atoms with Gasteiger partial charge < -0.3 is 14.8 Å². The zero-order valence-electron chi connectivity index (χ0n) is 16.8. The summed E-state index contributed by atoms with van der Waals surface area (Å²) in [4.78, 5) is 18.0. The van der Waals surface area contributed by atoms with Crippen LogP contribution in [0, 0.1) is 0 Å². The number of nitrogens with zero attached hydrogens (tertiary/aromatic N) is 1. The van der Waals surface area contributed by atoms with Crippen molar-refractivity contribution in [3.8, 4) is 22.8 Å². The molecule has 1 N–H and O–H groups in total. The molecule has 0 unspecified atom stereocenters. The van der Waals surface area contributed by atoms with Gasteiger partial charge in [0.2, 0.25) is 0 Å². The number of halogens is 2. The summed E-state index contributed by atoms with van der Waals surface area (Å²) in [6.07, 6.45) is 0. The van der Waals surface area contributed by atoms with Crippen LogP contribution in [0.3, 0.4) is 0 Å². The van der Waals surface area contributed by atoms with E-state index in [1.165, 1.54) is 14.2 Å². The predicted octanol–water partition coefficient (Wildman–Crippen LogP) is 6.48. The normalized spacial score (nSPS) is 10.7. The van der Waals surface area contributed by atoms with Gasteiger partial charge in [0.15, 0.2) is 0 Å². The molecule has 0 spiro atoms. The Hall–Kier alpha value is -3.28. The first-order valence-corrected chi connectivity index (χ1v) is 10.1. The third kappa shape index (κ3) is 4.29. The average molecular weight is 453 g/mol. The average Bonchev–Trinajstić information content (AvgIpc) is 2.79. The Kier molecular flexibility index (Phi) is 5.98. The molecule has 0 fully saturated rings. The second-order valence-electron chi connectivity index (χ2n) is 6.72. The van der Waals surface area contributed by atoms with Crippen LogP contribution in [0.15, 0.2) is 66.7 Å². The zero-order chi connectivity index (χ0) is 22.0. The first-order chi connectivity index (χ1) is 15.0. The minimum Gasteiger partial charge on any atom is -0.495 e. The minimum absolute atomic E-state index is 0.309. The van der Waals surface area contributed by atoms with Crippen molar-refractivity contribution >= 4 is 45.7 Å². The SMILES string of the molecule is COc1cc(NC(=O)c2cc(-c3ccc(Cl)cc3)nc3ccccc23)c(OC)cc1Cl. The number of fused-ring (bicyclic) bond motifs is 1. The molecule has 0 aliphatic carbocycles. The van der Waals surface area contributed by atoms with Gasteiger partial charge in [0, 0.05) is 28.1 Å². The fraction of sp³-hybridized carbons (Fsp3) is 0.0833. The van der Waals surface area contributed by atoms with Crippen molar-refractivity contribution < 1.29 is 14.3 Å². The van der Waals surface area contributed by atoms with Gasteiger partial charge in [0.05, 0.1) is 41.7 Å². The fourth-order valence-corrected chi connectivity index (χ4v) is 3.64. The quantitative estimate of drug-likeness (QED) is 0.376. The summed E-state index contributed by atoms with van der Waals surface area (Å²) in [6, 6.07) is 19.8. The highest BCUT2D eigenvalue weighted by molar-refractivity contribution is 6.32. The highest BCUT2D eigenvalue weighted by Crippen LogP contribution is 2.36. The van der Waals surface area contributed by atoms with Gasteiger partial charge in [-0.15, -0.1) is 0 Å². The fourth-order valence-electron chi connectivity index (χ4n) is 3.28. The lowest BCUT2D eigenvalue weighted by atomic mass is 10.0. The number of hydrogen-bond acceptors (Lipinski definition) is 4. The lowest BCUT2D eigenvalue weighted by molar-refractivity contribution is 0.102. The highest BCUT2D eigenvalue weighted by atomic mass is 35.5. The van der Waals surface area contributed by atoms with Gasteiger partial charge in [0.1, 0.15) is 11.5 Å². The molecule has 0 bridgehead atoms. The van der Waals surface area contributed by atoms with E-state index in [9.17, 15) is 4.79 Å². The van der Waals surface area contributed by atoms with E-state index in [2.05, 4.69) is 5.32 Å². The smallest absolute Gasteiger partial charge is 0.256 e. The Balaban J connectivity index is 1.80. The van der Waals surface area contributed by atoms with Crippen molar-refractivity contribution in [2.45, 2.75) is 0 Å². The van der Waals surface area contributed by atoms with Crippen molar-refractivity contribution in [1.29, 1.82) is 0 Å². The molecular formula is C24H18Cl2N2O3. The third-order valence-corrected chi connectivity index (χ3v) is 5.37. The van der Waals surface area contributed by atoms with E-state index in [0.717, 1.165) is 10.9 Å². The van der Waals surface area contributed by atoms with Crippen molar-refractivity contribution in [2.24, 2.45) is 0 Å². The molecule has 0 atom stereocenters. The van der Waals surface area contributed by atoms with Gasteiger partial charge in [-0.3, -0.25) is 4.79 Å². The predicted molar refractivity (Wildman–Crippen MR) is 125 cm³/mol. The van der Waals surface area contributed by atoms with Crippen LogP contribution in [0.5, 0.6) is 11.5 Å². The molecule has 1 heterocycles. The first kappa shape index (κ1) is 21.0. The summed E-state index contributed by atoms with van der Waals surface area (Å²) >= 11 is 12.2. The standard InChI is InChI=1S/C24H18Cl2N2O3/c1-30-22-13-21(23(31-2)12-18(22)26)28-24(29)17-11-20(14-7-9-15(25)10-8-14)27-19-6-4-3-5-16(17)19/h3-13H,1-2H3,(H,28,29). The molecule has 1 amide bonds. The van der Waals surface area contributed by atoms with Crippen LogP contribution in [0.4, 0.5) is 5.69 Å². The summed E-state index contributed by atoms with van der Waals surface area (Å²) in [7, 11) is 3.02. The number of anilines is 1. The van der Waals surface area contributed by atoms with E-state index in [4.69, 9.17) is 37.7 Å². The Bertz CT molecular complexity index is 1270. The van der Waals surface area contributed by atoms with Crippen LogP contribution >= 0.6 is 23.2 Å². The van der Waals surface area contributed by atoms with Crippen LogP contribution in [0.1, 0.15) is 10.4 Å². The van der Waals surface area contributed by atoms with Gasteiger partial charge in [-0.1, -0.05) is 53.5 Å². The zero-order valence-corrected chi connectivity index (χ0v) is 18.3. The number of para-hydroxylation sites is 1. The Morgan fingerprint density at radius 2 is 1.61 bits per heavy atom. The Labute approximate surface area is 189 Å². The molecule has 4 rings (SSSR count). The van der Waals surface area contributed by atoms with E-state index in [0.29, 0.717) is 44.0 Å². The lowest BCUT2D eigenvalue weighted by Gasteiger charge is -2.14. The van der Waals surface area contributed by atoms with Crippen molar-refractivity contribution in [2.75, 3.05) is 19.5 Å². The van der Waals surface area contributed by atoms with E-state index in [-0.39, 0.29) is 5.91 Å². The van der Waals surface area contributed by atoms with E-state index in [1.807, 2.05) is 36.4 Å². The molecule has 0 aliphatic rings. The number of hydrogen-bond donors (Lipinski definition) is 1. The molecule has 156 valence electrons. The molecule has 0 radical (unpaired) electrons. The monoisotopic (exact) mass is 452 g/mol. The number of carbonyl (C=O) groups is 1. The Morgan fingerprint density at radius 1 is 0.903 bits per heavy atom. The molecule has 0 saturated heterocycles. The Morgan fingerprint density at radius 3 is 2.32 bits per heavy atom. The number of carbonyl (C=O) groups excluding carboxylic acids is 1. The van der Waals surface area contributed by atoms with Crippen molar-refractivity contribution in [3.63, 3.8) is 0 Å². The molecular weight excluding hydrogens is 435 g/mol. The number of ether oxygens (including phenoxy) is 2. The number of rotatable bonds is 5. The summed E-state index contributed by atoms with van der Waals surface area (Å²) in [6.45, 7) is 0. The summed E-state index contributed by atoms with van der Waals surface area (Å²) < 4.78 is 10.6. The molecule has 5 nitrogen and oxygen atoms in total. The van der Waals surface area contributed by atoms with Crippen LogP contribution in [-0.4, -0.2) is 25.1 Å². The second-order valence-corrected chi connectivity index (χ2v) is 7.56. The van der Waals surface area contributed by atoms with Crippen molar-refractivity contribution in [1.82, 2.24) is 4.98 Å². The molecule has 3 aromatic carbocycles. The minimum atomic E-state index is -0.309. The van der Waals surface area contributed by atoms with Gasteiger partial charge in [-0.25, -0.2) is 4.98 Å². The topological polar surface area (TPSA) is 60.5 Å². The van der Waals surface area contributed by atoms with Crippen LogP contribution in [-0.2, 0) is 0 Å². The largest absolute Gasteiger partial charge is 0.495 e. The molecule has 0 aliphatic heterocycles. The first-order valence-electron chi connectivity index (χ1n) is 9.38. The number of aromatic nitrogens is 1. The maximum absolute atomic E-state index is 13.3. The van der Waals surface area contributed by atoms with Gasteiger partial charge in [-0.2, -0.15) is 0 Å². The van der Waals surface area contributed by atoms with Gasteiger partial charge >= 0.3 is 0 Å². The molecule has 1 aromatic heterocycles. The maximum atomic E-state index is 13.3. The van der Waals surface area contributed by atoms with Crippen molar-refractivity contribution in [3.05, 3.63) is 82.3 Å². The molecule has 7 heteroatoms. The van der Waals surface area contributed by atoms with Gasteiger partial charge in [0.25, 0.3) is 5.91 Å². The summed E-state index contributed by atoms with van der Waals surface area (Å²) in [5.41, 5.74) is 3.16. The molecule has 31 heavy (non-hydrogen) atoms. The third-order valence-electron chi connectivity index (χ3n) is 4.82. The lowest BCUT2D eigenvalue weighted by Crippen LogP contribution is -2.14. The number of methoxy groups -OCH3 is 2. The number of benzene rings is 3. The maximum Gasteiger partial charge on any atom is 0.256 e. The van der Waals surface area contributed by atoms with E-state index >= 15 is 0 Å². The van der Waals surface area contributed by atoms with Gasteiger partial charge in [-0.05, 0) is 24.3 Å². The number of amides is 1. The summed E-state index contributed by atoms with van der Waals surface area (Å²) in [5, 5.41) is 4.66. The van der Waals surface area contributed by atoms with E-state index in [1.54, 1.807) is 30.3 Å². The van der Waals surface area contributed by atoms with Crippen LogP contribution < -0.4 is 14.8 Å².